The predicted molar refractivity (Wildman–Crippen MR) is 140 cm³/mol. The molecule has 0 fully saturated rings. The van der Waals surface area contributed by atoms with Crippen LogP contribution < -0.4 is 10.6 Å². The van der Waals surface area contributed by atoms with E-state index >= 15 is 0 Å². The summed E-state index contributed by atoms with van der Waals surface area (Å²) in [6.07, 6.45) is 5.00. The number of aromatic nitrogens is 5. The maximum atomic E-state index is 13.0. The van der Waals surface area contributed by atoms with Gasteiger partial charge < -0.3 is 10.6 Å². The van der Waals surface area contributed by atoms with Gasteiger partial charge in [-0.3, -0.25) is 14.5 Å². The molecule has 0 aliphatic carbocycles. The zero-order valence-corrected chi connectivity index (χ0v) is 20.9. The van der Waals surface area contributed by atoms with Crippen LogP contribution >= 0.6 is 11.8 Å². The first kappa shape index (κ1) is 23.0. The number of thioether (sulfide) groups is 1. The van der Waals surface area contributed by atoms with E-state index in [1.54, 1.807) is 18.7 Å². The summed E-state index contributed by atoms with van der Waals surface area (Å²) in [6.45, 7) is 6.12. The second-order valence-corrected chi connectivity index (χ2v) is 9.89. The molecule has 2 N–H and O–H groups in total. The number of benzene rings is 1. The second-order valence-electron chi connectivity index (χ2n) is 8.75. The largest absolute Gasteiger partial charge is 0.367 e. The number of anilines is 2. The highest BCUT2D eigenvalue weighted by Crippen LogP contribution is 2.47. The van der Waals surface area contributed by atoms with Crippen molar-refractivity contribution in [3.63, 3.8) is 0 Å². The zero-order valence-electron chi connectivity index (χ0n) is 20.1. The SMILES string of the molecule is Cc1cc(C(=O)Nc2cccnc2C)ccc1[C@H]1SC[C@@H](C)Nc2c1c(-c1ccncn1)nn2C. The molecule has 0 spiro atoms. The highest BCUT2D eigenvalue weighted by atomic mass is 32.2. The maximum absolute atomic E-state index is 13.0. The van der Waals surface area contributed by atoms with Crippen LogP contribution in [-0.4, -0.2) is 42.4 Å². The van der Waals surface area contributed by atoms with Crippen molar-refractivity contribution in [3.05, 3.63) is 83.1 Å². The van der Waals surface area contributed by atoms with Gasteiger partial charge in [0.05, 0.1) is 22.3 Å². The van der Waals surface area contributed by atoms with Gasteiger partial charge in [0.15, 0.2) is 0 Å². The van der Waals surface area contributed by atoms with Gasteiger partial charge in [0.1, 0.15) is 17.8 Å². The number of carbonyl (C=O) groups is 1. The van der Waals surface area contributed by atoms with E-state index in [1.807, 2.05) is 60.7 Å². The molecule has 4 aromatic rings. The monoisotopic (exact) mass is 485 g/mol. The maximum Gasteiger partial charge on any atom is 0.255 e. The normalized spacial score (nSPS) is 17.3. The third kappa shape index (κ3) is 4.51. The third-order valence-electron chi connectivity index (χ3n) is 6.14. The van der Waals surface area contributed by atoms with E-state index in [9.17, 15) is 4.79 Å². The molecule has 1 aliphatic rings. The molecule has 0 saturated carbocycles. The number of amides is 1. The minimum Gasteiger partial charge on any atom is -0.367 e. The molecule has 1 aliphatic heterocycles. The summed E-state index contributed by atoms with van der Waals surface area (Å²) in [5.74, 6) is 1.78. The molecule has 1 aromatic carbocycles. The van der Waals surface area contributed by atoms with Crippen molar-refractivity contribution in [1.82, 2.24) is 24.7 Å². The fourth-order valence-corrected chi connectivity index (χ4v) is 5.74. The van der Waals surface area contributed by atoms with Gasteiger partial charge >= 0.3 is 0 Å². The predicted octanol–water partition coefficient (Wildman–Crippen LogP) is 4.78. The summed E-state index contributed by atoms with van der Waals surface area (Å²) >= 11 is 1.88. The Hall–Kier alpha value is -3.72. The number of nitrogens with one attached hydrogen (secondary N) is 2. The van der Waals surface area contributed by atoms with Crippen molar-refractivity contribution < 1.29 is 4.79 Å². The topological polar surface area (TPSA) is 97.6 Å². The van der Waals surface area contributed by atoms with Gasteiger partial charge in [-0.25, -0.2) is 9.97 Å². The first-order chi connectivity index (χ1) is 16.9. The van der Waals surface area contributed by atoms with Crippen LogP contribution in [0.25, 0.3) is 11.4 Å². The van der Waals surface area contributed by atoms with Crippen molar-refractivity contribution in [2.24, 2.45) is 7.05 Å². The molecule has 35 heavy (non-hydrogen) atoms. The van der Waals surface area contributed by atoms with Crippen molar-refractivity contribution in [2.75, 3.05) is 16.4 Å². The Labute approximate surface area is 208 Å². The van der Waals surface area contributed by atoms with E-state index in [4.69, 9.17) is 5.10 Å². The lowest BCUT2D eigenvalue weighted by Gasteiger charge is -2.19. The average molecular weight is 486 g/mol. The van der Waals surface area contributed by atoms with E-state index in [0.29, 0.717) is 11.3 Å². The Morgan fingerprint density at radius 1 is 1.17 bits per heavy atom. The summed E-state index contributed by atoms with van der Waals surface area (Å²) in [6, 6.07) is 11.8. The van der Waals surface area contributed by atoms with Crippen molar-refractivity contribution in [3.8, 4) is 11.4 Å². The fourth-order valence-electron chi connectivity index (χ4n) is 4.35. The highest BCUT2D eigenvalue weighted by molar-refractivity contribution is 7.99. The molecule has 2 atom stereocenters. The number of pyridine rings is 1. The lowest BCUT2D eigenvalue weighted by molar-refractivity contribution is 0.102. The molecule has 1 amide bonds. The first-order valence-corrected chi connectivity index (χ1v) is 12.5. The smallest absolute Gasteiger partial charge is 0.255 e. The minimum absolute atomic E-state index is 0.0406. The van der Waals surface area contributed by atoms with Crippen LogP contribution in [0.5, 0.6) is 0 Å². The number of hydrogen-bond donors (Lipinski definition) is 2. The summed E-state index contributed by atoms with van der Waals surface area (Å²) in [4.78, 5) is 25.8. The average Bonchev–Trinajstić information content (AvgIpc) is 3.06. The van der Waals surface area contributed by atoms with Crippen LogP contribution in [0.2, 0.25) is 0 Å². The lowest BCUT2D eigenvalue weighted by Crippen LogP contribution is -2.18. The zero-order chi connectivity index (χ0) is 24.5. The van der Waals surface area contributed by atoms with Gasteiger partial charge in [0.25, 0.3) is 5.91 Å². The molecule has 5 rings (SSSR count). The Morgan fingerprint density at radius 2 is 2.03 bits per heavy atom. The van der Waals surface area contributed by atoms with E-state index in [1.165, 1.54) is 0 Å². The number of hydrogen-bond acceptors (Lipinski definition) is 7. The van der Waals surface area contributed by atoms with Crippen LogP contribution in [0.3, 0.4) is 0 Å². The van der Waals surface area contributed by atoms with Gasteiger partial charge in [-0.05, 0) is 62.2 Å². The van der Waals surface area contributed by atoms with Crippen molar-refractivity contribution in [1.29, 1.82) is 0 Å². The highest BCUT2D eigenvalue weighted by Gasteiger charge is 2.32. The van der Waals surface area contributed by atoms with Gasteiger partial charge in [-0.15, -0.1) is 11.8 Å². The summed E-state index contributed by atoms with van der Waals surface area (Å²) in [5, 5.41) is 11.5. The van der Waals surface area contributed by atoms with E-state index < -0.39 is 0 Å². The Morgan fingerprint density at radius 3 is 2.77 bits per heavy atom. The standard InChI is InChI=1S/C26H27N7OS/c1-15-12-18(26(34)31-20-6-5-10-28-17(20)3)7-8-19(15)24-22-23(21-9-11-27-14-29-21)32-33(4)25(22)30-16(2)13-35-24/h5-12,14,16,24,30H,13H2,1-4H3,(H,31,34)/t16-,24-/m1/s1. The van der Waals surface area contributed by atoms with E-state index in [-0.39, 0.29) is 17.2 Å². The molecule has 178 valence electrons. The molecular formula is C26H27N7OS. The quantitative estimate of drug-likeness (QED) is 0.429. The fraction of sp³-hybridized carbons (Fsp3) is 0.269. The Bertz CT molecular complexity index is 1390. The second kappa shape index (κ2) is 9.50. The number of carbonyl (C=O) groups excluding carboxylic acids is 1. The number of aryl methyl sites for hydroxylation is 3. The van der Waals surface area contributed by atoms with Crippen LogP contribution in [0.1, 0.15) is 44.9 Å². The third-order valence-corrected chi connectivity index (χ3v) is 7.65. The van der Waals surface area contributed by atoms with Gasteiger partial charge in [-0.2, -0.15) is 5.10 Å². The van der Waals surface area contributed by atoms with Crippen LogP contribution in [-0.2, 0) is 7.05 Å². The molecular weight excluding hydrogens is 458 g/mol. The molecule has 0 bridgehead atoms. The van der Waals surface area contributed by atoms with Gasteiger partial charge in [0.2, 0.25) is 0 Å². The molecule has 4 heterocycles. The number of rotatable bonds is 4. The number of fused-ring (bicyclic) bond motifs is 1. The van der Waals surface area contributed by atoms with Gasteiger partial charge in [0, 0.05) is 42.4 Å². The summed E-state index contributed by atoms with van der Waals surface area (Å²) in [7, 11) is 1.96. The van der Waals surface area contributed by atoms with E-state index in [2.05, 4.69) is 45.5 Å². The molecule has 9 heteroatoms. The van der Waals surface area contributed by atoms with Crippen LogP contribution in [0, 0.1) is 13.8 Å². The van der Waals surface area contributed by atoms with Crippen molar-refractivity contribution >= 4 is 29.2 Å². The molecule has 0 unspecified atom stereocenters. The molecule has 3 aromatic heterocycles. The minimum atomic E-state index is -0.150. The van der Waals surface area contributed by atoms with Crippen molar-refractivity contribution in [2.45, 2.75) is 32.1 Å². The number of nitrogens with zero attached hydrogens (tertiary/aromatic N) is 5. The molecule has 0 saturated heterocycles. The Balaban J connectivity index is 1.53. The van der Waals surface area contributed by atoms with E-state index in [0.717, 1.165) is 45.3 Å². The molecule has 8 nitrogen and oxygen atoms in total. The Kier molecular flexibility index (Phi) is 6.25. The summed E-state index contributed by atoms with van der Waals surface area (Å²) in [5.41, 5.74) is 7.06. The molecule has 0 radical (unpaired) electrons. The van der Waals surface area contributed by atoms with Gasteiger partial charge in [-0.1, -0.05) is 6.07 Å². The van der Waals surface area contributed by atoms with Crippen LogP contribution in [0.15, 0.2) is 55.1 Å². The first-order valence-electron chi connectivity index (χ1n) is 11.5. The van der Waals surface area contributed by atoms with Crippen LogP contribution in [0.4, 0.5) is 11.5 Å². The summed E-state index contributed by atoms with van der Waals surface area (Å²) < 4.78 is 1.90. The lowest BCUT2D eigenvalue weighted by atomic mass is 9.96.